The van der Waals surface area contributed by atoms with Gasteiger partial charge in [-0.25, -0.2) is 15.0 Å². The lowest BCUT2D eigenvalue weighted by molar-refractivity contribution is 0.0988. The number of carbonyl (C=O) groups is 2. The number of nitrogens with one attached hydrogen (secondary N) is 3. The number of rotatable bonds is 16. The van der Waals surface area contributed by atoms with E-state index in [9.17, 15) is 14.7 Å². The highest BCUT2D eigenvalue weighted by Crippen LogP contribution is 2.33. The first-order valence-corrected chi connectivity index (χ1v) is 15.4. The van der Waals surface area contributed by atoms with Crippen molar-refractivity contribution in [3.63, 3.8) is 0 Å². The van der Waals surface area contributed by atoms with Gasteiger partial charge < -0.3 is 39.2 Å². The number of anilines is 2. The van der Waals surface area contributed by atoms with Crippen molar-refractivity contribution >= 4 is 45.8 Å². The average molecular weight is 661 g/mol. The number of carbonyl (C=O) groups excluding carboxylic acids is 2. The molecule has 0 bridgehead atoms. The van der Waals surface area contributed by atoms with Crippen LogP contribution in [-0.4, -0.2) is 68.4 Å². The van der Waals surface area contributed by atoms with Crippen LogP contribution in [0.1, 0.15) is 51.4 Å². The zero-order valence-corrected chi connectivity index (χ0v) is 27.3. The molecule has 8 N–H and O–H groups in total. The number of aromatic nitrogens is 5. The molecule has 0 fully saturated rings. The van der Waals surface area contributed by atoms with E-state index in [1.54, 1.807) is 26.1 Å². The predicted octanol–water partition coefficient (Wildman–Crippen LogP) is 2.63. The second kappa shape index (κ2) is 15.0. The number of benzene rings is 2. The molecule has 0 aliphatic rings. The summed E-state index contributed by atoms with van der Waals surface area (Å²) in [6, 6.07) is 6.93. The number of aliphatic hydroxyl groups is 1. The minimum Gasteiger partial charge on any atom is -0.494 e. The Morgan fingerprint density at radius 1 is 1.02 bits per heavy atom. The Balaban J connectivity index is 1.54. The van der Waals surface area contributed by atoms with Gasteiger partial charge >= 0.3 is 0 Å². The molecule has 16 nitrogen and oxygen atoms in total. The summed E-state index contributed by atoms with van der Waals surface area (Å²) in [7, 11) is 3.27. The number of nitrogens with zero attached hydrogens (tertiary/aromatic N) is 5. The number of allylic oxidation sites excluding steroid dienone is 2. The van der Waals surface area contributed by atoms with Crippen LogP contribution >= 0.6 is 0 Å². The Kier molecular flexibility index (Phi) is 10.6. The Morgan fingerprint density at radius 3 is 2.35 bits per heavy atom. The number of methoxy groups -OCH3 is 1. The fourth-order valence-electron chi connectivity index (χ4n) is 5.44. The molecule has 0 atom stereocenters. The van der Waals surface area contributed by atoms with Gasteiger partial charge in [-0.15, -0.1) is 0 Å². The first-order valence-electron chi connectivity index (χ1n) is 15.4. The number of aryl methyl sites for hydroxylation is 2. The Hall–Kier alpha value is -5.45. The monoisotopic (exact) mass is 660 g/mol. The molecule has 5 rings (SSSR count). The highest BCUT2D eigenvalue weighted by molar-refractivity contribution is 6.03. The van der Waals surface area contributed by atoms with E-state index in [4.69, 9.17) is 30.5 Å². The second-order valence-electron chi connectivity index (χ2n) is 10.8. The van der Waals surface area contributed by atoms with E-state index in [1.165, 1.54) is 7.11 Å². The molecule has 48 heavy (non-hydrogen) atoms. The topological polar surface area (TPSA) is 223 Å². The fourth-order valence-corrected chi connectivity index (χ4v) is 5.44. The molecular formula is C32H40N10O6. The lowest BCUT2D eigenvalue weighted by Gasteiger charge is -2.13. The highest BCUT2D eigenvalue weighted by Gasteiger charge is 2.23. The molecule has 2 amide bonds. The van der Waals surface area contributed by atoms with Gasteiger partial charge in [-0.3, -0.25) is 26.2 Å². The average Bonchev–Trinajstić information content (AvgIpc) is 3.74. The third-order valence-corrected chi connectivity index (χ3v) is 7.58. The Bertz CT molecular complexity index is 1980. The molecule has 5 aromatic rings. The number of oxazole rings is 1. The molecule has 0 unspecified atom stereocenters. The lowest BCUT2D eigenvalue weighted by atomic mass is 10.1. The Morgan fingerprint density at radius 2 is 1.71 bits per heavy atom. The molecule has 0 saturated heterocycles. The van der Waals surface area contributed by atoms with Crippen LogP contribution in [0.15, 0.2) is 40.8 Å². The van der Waals surface area contributed by atoms with Crippen molar-refractivity contribution in [2.75, 3.05) is 38.0 Å². The maximum Gasteiger partial charge on any atom is 0.295 e. The van der Waals surface area contributed by atoms with E-state index < -0.39 is 11.8 Å². The number of primary amides is 1. The van der Waals surface area contributed by atoms with Gasteiger partial charge in [0.1, 0.15) is 22.5 Å². The number of ether oxygens (including phenoxy) is 2. The first-order chi connectivity index (χ1) is 23.2. The van der Waals surface area contributed by atoms with Crippen LogP contribution in [-0.2, 0) is 26.1 Å². The van der Waals surface area contributed by atoms with Gasteiger partial charge in [0, 0.05) is 52.2 Å². The van der Waals surface area contributed by atoms with E-state index in [-0.39, 0.29) is 37.0 Å². The zero-order chi connectivity index (χ0) is 34.4. The molecule has 3 heterocycles. The molecular weight excluding hydrogens is 620 g/mol. The van der Waals surface area contributed by atoms with Gasteiger partial charge in [-0.1, -0.05) is 19.1 Å². The maximum atomic E-state index is 13.4. The molecule has 0 aliphatic carbocycles. The van der Waals surface area contributed by atoms with Gasteiger partial charge in [0.2, 0.25) is 23.6 Å². The summed E-state index contributed by atoms with van der Waals surface area (Å²) in [6.07, 6.45) is 4.81. The molecule has 0 spiro atoms. The van der Waals surface area contributed by atoms with Crippen molar-refractivity contribution in [3.8, 4) is 11.5 Å². The number of nitrogens with two attached hydrogens (primary N) is 2. The van der Waals surface area contributed by atoms with Gasteiger partial charge in [-0.05, 0) is 36.2 Å². The zero-order valence-electron chi connectivity index (χ0n) is 27.3. The third-order valence-electron chi connectivity index (χ3n) is 7.58. The van der Waals surface area contributed by atoms with Crippen molar-refractivity contribution in [2.24, 2.45) is 11.6 Å². The van der Waals surface area contributed by atoms with Crippen molar-refractivity contribution in [3.05, 3.63) is 64.9 Å². The summed E-state index contributed by atoms with van der Waals surface area (Å²) in [4.78, 5) is 39.0. The van der Waals surface area contributed by atoms with Gasteiger partial charge in [-0.2, -0.15) is 0 Å². The first kappa shape index (κ1) is 33.9. The molecule has 254 valence electrons. The summed E-state index contributed by atoms with van der Waals surface area (Å²) in [5.41, 5.74) is 12.3. The molecule has 0 aliphatic heterocycles. The third kappa shape index (κ3) is 6.95. The van der Waals surface area contributed by atoms with Gasteiger partial charge in [0.15, 0.2) is 5.89 Å². The smallest absolute Gasteiger partial charge is 0.295 e. The van der Waals surface area contributed by atoms with E-state index in [0.717, 1.165) is 5.56 Å². The molecule has 3 aromatic heterocycles. The summed E-state index contributed by atoms with van der Waals surface area (Å²) in [5.74, 6) is 6.87. The number of imidazole rings is 2. The van der Waals surface area contributed by atoms with Crippen molar-refractivity contribution in [2.45, 2.75) is 46.3 Å². The minimum absolute atomic E-state index is 0.0287. The normalized spacial score (nSPS) is 11.5. The van der Waals surface area contributed by atoms with E-state index >= 15 is 0 Å². The van der Waals surface area contributed by atoms with Crippen LogP contribution in [0, 0.1) is 6.92 Å². The summed E-state index contributed by atoms with van der Waals surface area (Å²) >= 11 is 0. The van der Waals surface area contributed by atoms with Crippen LogP contribution in [0.3, 0.4) is 0 Å². The number of fused-ring (bicyclic) bond motifs is 2. The maximum absolute atomic E-state index is 13.4. The standard InChI is InChI=1S/C32H40N10O6/c1-5-21-28(48-18(2)37-21)30(45)40-32-39-22-13-19(17-36-34)14-25(47-12-8-11-43)27(22)42(32)10-7-6-9-41-26-23(38-31(41)35-3)15-20(29(33)44)16-24(26)46-4/h6-7,13-16,36,43H,5,8-12,17,34H2,1-4H3,(H2,33,44)(H,35,38)(H,39,40,45)/b7-6+. The fraction of sp³-hybridized carbons (Fsp3) is 0.344. The number of hydrogen-bond donors (Lipinski definition) is 6. The SMILES string of the molecule is CCc1nc(C)oc1C(=O)Nc1nc2cc(CNN)cc(OCCCO)c2n1C/C=C/Cn1c(NC)nc2cc(C(N)=O)cc(OC)c21. The molecule has 0 radical (unpaired) electrons. The number of hydrogen-bond acceptors (Lipinski definition) is 12. The van der Waals surface area contributed by atoms with Crippen LogP contribution in [0.25, 0.3) is 22.1 Å². The largest absolute Gasteiger partial charge is 0.494 e. The molecule has 16 heteroatoms. The van der Waals surface area contributed by atoms with E-state index in [0.29, 0.717) is 77.0 Å². The van der Waals surface area contributed by atoms with Crippen LogP contribution in [0.2, 0.25) is 0 Å². The summed E-state index contributed by atoms with van der Waals surface area (Å²) in [6.45, 7) is 4.85. The second-order valence-corrected chi connectivity index (χ2v) is 10.8. The summed E-state index contributed by atoms with van der Waals surface area (Å²) < 4.78 is 21.1. The lowest BCUT2D eigenvalue weighted by Crippen LogP contribution is -2.20. The Labute approximate surface area is 276 Å². The van der Waals surface area contributed by atoms with Crippen LogP contribution in [0.5, 0.6) is 11.5 Å². The van der Waals surface area contributed by atoms with Crippen molar-refractivity contribution in [1.82, 2.24) is 29.5 Å². The number of aliphatic hydroxyl groups excluding tert-OH is 1. The van der Waals surface area contributed by atoms with Crippen LogP contribution < -0.4 is 37.1 Å². The molecule has 2 aromatic carbocycles. The minimum atomic E-state index is -0.582. The highest BCUT2D eigenvalue weighted by atomic mass is 16.5. The van der Waals surface area contributed by atoms with Crippen molar-refractivity contribution in [1.29, 1.82) is 0 Å². The molecule has 0 saturated carbocycles. The quantitative estimate of drug-likeness (QED) is 0.0389. The van der Waals surface area contributed by atoms with E-state index in [1.807, 2.05) is 40.3 Å². The predicted molar refractivity (Wildman–Crippen MR) is 180 cm³/mol. The van der Waals surface area contributed by atoms with Gasteiger partial charge in [0.25, 0.3) is 5.91 Å². The van der Waals surface area contributed by atoms with Crippen molar-refractivity contribution < 1.29 is 28.6 Å². The number of amides is 2. The van der Waals surface area contributed by atoms with Gasteiger partial charge in [0.05, 0.1) is 30.4 Å². The summed E-state index contributed by atoms with van der Waals surface area (Å²) in [5, 5.41) is 15.4. The number of hydrazine groups is 1. The van der Waals surface area contributed by atoms with E-state index in [2.05, 4.69) is 26.0 Å². The van der Waals surface area contributed by atoms with Crippen LogP contribution in [0.4, 0.5) is 11.9 Å².